The quantitative estimate of drug-likeness (QED) is 0.863. The first-order valence-corrected chi connectivity index (χ1v) is 6.54. The molecule has 0 saturated heterocycles. The largest absolute Gasteiger partial charge is 0.492 e. The second kappa shape index (κ2) is 6.85. The Balaban J connectivity index is 1.83. The van der Waals surface area contributed by atoms with Gasteiger partial charge in [-0.05, 0) is 30.7 Å². The molecular formula is C15H19N3O. The maximum Gasteiger partial charge on any atom is 0.137 e. The summed E-state index contributed by atoms with van der Waals surface area (Å²) in [4.78, 5) is 8.56. The SMILES string of the molecule is CC[C@H](N)c1ccc(OCCc2ccccn2)cn1. The highest BCUT2D eigenvalue weighted by atomic mass is 16.5. The normalized spacial score (nSPS) is 12.1. The fourth-order valence-corrected chi connectivity index (χ4v) is 1.73. The molecule has 0 bridgehead atoms. The van der Waals surface area contributed by atoms with E-state index < -0.39 is 0 Å². The molecule has 2 heterocycles. The third-order valence-electron chi connectivity index (χ3n) is 2.93. The maximum absolute atomic E-state index is 5.91. The van der Waals surface area contributed by atoms with Crippen molar-refractivity contribution in [3.63, 3.8) is 0 Å². The number of nitrogens with two attached hydrogens (primary N) is 1. The van der Waals surface area contributed by atoms with Crippen LogP contribution in [-0.2, 0) is 6.42 Å². The number of hydrogen-bond donors (Lipinski definition) is 1. The summed E-state index contributed by atoms with van der Waals surface area (Å²) in [6, 6.07) is 9.71. The van der Waals surface area contributed by atoms with Crippen LogP contribution in [-0.4, -0.2) is 16.6 Å². The van der Waals surface area contributed by atoms with Crippen LogP contribution in [0.4, 0.5) is 0 Å². The molecule has 1 atom stereocenters. The fourth-order valence-electron chi connectivity index (χ4n) is 1.73. The van der Waals surface area contributed by atoms with Crippen LogP contribution in [0, 0.1) is 0 Å². The average Bonchev–Trinajstić information content (AvgIpc) is 2.48. The van der Waals surface area contributed by atoms with Gasteiger partial charge in [-0.2, -0.15) is 0 Å². The second-order valence-corrected chi connectivity index (χ2v) is 4.35. The van der Waals surface area contributed by atoms with Crippen molar-refractivity contribution in [2.75, 3.05) is 6.61 Å². The van der Waals surface area contributed by atoms with Gasteiger partial charge in [0.1, 0.15) is 5.75 Å². The van der Waals surface area contributed by atoms with Crippen molar-refractivity contribution >= 4 is 0 Å². The predicted molar refractivity (Wildman–Crippen MR) is 74.9 cm³/mol. The number of pyridine rings is 2. The highest BCUT2D eigenvalue weighted by Crippen LogP contribution is 2.15. The summed E-state index contributed by atoms with van der Waals surface area (Å²) in [6.07, 6.45) is 5.19. The van der Waals surface area contributed by atoms with Crippen LogP contribution >= 0.6 is 0 Å². The lowest BCUT2D eigenvalue weighted by Gasteiger charge is -2.09. The zero-order chi connectivity index (χ0) is 13.5. The molecule has 19 heavy (non-hydrogen) atoms. The smallest absolute Gasteiger partial charge is 0.137 e. The molecule has 0 aliphatic rings. The fraction of sp³-hybridized carbons (Fsp3) is 0.333. The lowest BCUT2D eigenvalue weighted by Crippen LogP contribution is -2.10. The van der Waals surface area contributed by atoms with E-state index in [-0.39, 0.29) is 6.04 Å². The Hall–Kier alpha value is -1.94. The van der Waals surface area contributed by atoms with Crippen LogP contribution in [0.5, 0.6) is 5.75 Å². The Morgan fingerprint density at radius 1 is 1.21 bits per heavy atom. The van der Waals surface area contributed by atoms with E-state index in [2.05, 4.69) is 9.97 Å². The predicted octanol–water partition coefficient (Wildman–Crippen LogP) is 2.51. The first-order chi connectivity index (χ1) is 9.29. The van der Waals surface area contributed by atoms with Gasteiger partial charge in [-0.15, -0.1) is 0 Å². The highest BCUT2D eigenvalue weighted by molar-refractivity contribution is 5.21. The second-order valence-electron chi connectivity index (χ2n) is 4.35. The Bertz CT molecular complexity index is 485. The maximum atomic E-state index is 5.91. The zero-order valence-corrected chi connectivity index (χ0v) is 11.1. The summed E-state index contributed by atoms with van der Waals surface area (Å²) in [5.41, 5.74) is 7.84. The summed E-state index contributed by atoms with van der Waals surface area (Å²) >= 11 is 0. The molecule has 2 rings (SSSR count). The molecule has 100 valence electrons. The minimum atomic E-state index is 0.00238. The molecule has 0 spiro atoms. The molecule has 2 aromatic heterocycles. The van der Waals surface area contributed by atoms with Gasteiger partial charge < -0.3 is 10.5 Å². The number of nitrogens with zero attached hydrogens (tertiary/aromatic N) is 2. The molecule has 0 aliphatic carbocycles. The topological polar surface area (TPSA) is 61.0 Å². The summed E-state index contributed by atoms with van der Waals surface area (Å²) in [7, 11) is 0. The van der Waals surface area contributed by atoms with E-state index in [1.165, 1.54) is 0 Å². The molecule has 2 N–H and O–H groups in total. The van der Waals surface area contributed by atoms with Crippen LogP contribution in [0.3, 0.4) is 0 Å². The standard InChI is InChI=1S/C15H19N3O/c1-2-14(16)15-7-6-13(11-18-15)19-10-8-12-5-3-4-9-17-12/h3-7,9,11,14H,2,8,10,16H2,1H3/t14-/m0/s1. The van der Waals surface area contributed by atoms with E-state index in [0.29, 0.717) is 6.61 Å². The third-order valence-corrected chi connectivity index (χ3v) is 2.93. The van der Waals surface area contributed by atoms with E-state index in [4.69, 9.17) is 10.5 Å². The Morgan fingerprint density at radius 2 is 2.11 bits per heavy atom. The average molecular weight is 257 g/mol. The number of hydrogen-bond acceptors (Lipinski definition) is 4. The summed E-state index contributed by atoms with van der Waals surface area (Å²) in [5.74, 6) is 0.767. The van der Waals surface area contributed by atoms with Gasteiger partial charge in [0.15, 0.2) is 0 Å². The summed E-state index contributed by atoms with van der Waals surface area (Å²) in [5, 5.41) is 0. The van der Waals surface area contributed by atoms with Crippen LogP contribution in [0.1, 0.15) is 30.8 Å². The van der Waals surface area contributed by atoms with Crippen molar-refractivity contribution in [3.8, 4) is 5.75 Å². The third kappa shape index (κ3) is 4.03. The summed E-state index contributed by atoms with van der Waals surface area (Å²) in [6.45, 7) is 2.64. The first kappa shape index (κ1) is 13.5. The van der Waals surface area contributed by atoms with E-state index >= 15 is 0 Å². The molecule has 0 aliphatic heterocycles. The summed E-state index contributed by atoms with van der Waals surface area (Å²) < 4.78 is 5.63. The minimum absolute atomic E-state index is 0.00238. The van der Waals surface area contributed by atoms with E-state index in [0.717, 1.165) is 30.0 Å². The molecule has 0 unspecified atom stereocenters. The van der Waals surface area contributed by atoms with Gasteiger partial charge >= 0.3 is 0 Å². The number of rotatable bonds is 6. The Kier molecular flexibility index (Phi) is 4.86. The first-order valence-electron chi connectivity index (χ1n) is 6.54. The van der Waals surface area contributed by atoms with Crippen LogP contribution in [0.2, 0.25) is 0 Å². The lowest BCUT2D eigenvalue weighted by molar-refractivity contribution is 0.319. The highest BCUT2D eigenvalue weighted by Gasteiger charge is 2.04. The van der Waals surface area contributed by atoms with E-state index in [1.807, 2.05) is 37.3 Å². The van der Waals surface area contributed by atoms with Gasteiger partial charge in [0, 0.05) is 24.4 Å². The molecule has 0 radical (unpaired) electrons. The molecule has 4 nitrogen and oxygen atoms in total. The van der Waals surface area contributed by atoms with Crippen molar-refractivity contribution < 1.29 is 4.74 Å². The molecule has 0 aromatic carbocycles. The van der Waals surface area contributed by atoms with Gasteiger partial charge in [0.25, 0.3) is 0 Å². The molecular weight excluding hydrogens is 238 g/mol. The van der Waals surface area contributed by atoms with Gasteiger partial charge in [-0.25, -0.2) is 0 Å². The van der Waals surface area contributed by atoms with Crippen molar-refractivity contribution in [1.29, 1.82) is 0 Å². The Morgan fingerprint density at radius 3 is 2.74 bits per heavy atom. The van der Waals surface area contributed by atoms with E-state index in [9.17, 15) is 0 Å². The minimum Gasteiger partial charge on any atom is -0.492 e. The lowest BCUT2D eigenvalue weighted by atomic mass is 10.1. The zero-order valence-electron chi connectivity index (χ0n) is 11.1. The van der Waals surface area contributed by atoms with Crippen LogP contribution in [0.25, 0.3) is 0 Å². The van der Waals surface area contributed by atoms with Gasteiger partial charge in [0.05, 0.1) is 18.5 Å². The number of ether oxygens (including phenoxy) is 1. The Labute approximate surface area is 113 Å². The molecule has 0 saturated carbocycles. The van der Waals surface area contributed by atoms with Crippen molar-refractivity contribution in [2.24, 2.45) is 5.73 Å². The number of aromatic nitrogens is 2. The molecule has 0 amide bonds. The van der Waals surface area contributed by atoms with E-state index in [1.54, 1.807) is 12.4 Å². The van der Waals surface area contributed by atoms with Crippen molar-refractivity contribution in [2.45, 2.75) is 25.8 Å². The molecule has 4 heteroatoms. The monoisotopic (exact) mass is 257 g/mol. The molecule has 0 fully saturated rings. The van der Waals surface area contributed by atoms with Crippen LogP contribution < -0.4 is 10.5 Å². The van der Waals surface area contributed by atoms with Gasteiger partial charge in [-0.3, -0.25) is 9.97 Å². The van der Waals surface area contributed by atoms with Crippen LogP contribution in [0.15, 0.2) is 42.7 Å². The van der Waals surface area contributed by atoms with Gasteiger partial charge in [-0.1, -0.05) is 13.0 Å². The van der Waals surface area contributed by atoms with Gasteiger partial charge in [0.2, 0.25) is 0 Å². The van der Waals surface area contributed by atoms with Crippen molar-refractivity contribution in [3.05, 3.63) is 54.1 Å². The van der Waals surface area contributed by atoms with Crippen molar-refractivity contribution in [1.82, 2.24) is 9.97 Å². The molecule has 2 aromatic rings.